The number of aromatic hydroxyl groups is 1. The Morgan fingerprint density at radius 1 is 1.03 bits per heavy atom. The van der Waals surface area contributed by atoms with Gasteiger partial charge in [0.25, 0.3) is 10.0 Å². The number of amides is 1. The highest BCUT2D eigenvalue weighted by atomic mass is 32.2. The fourth-order valence-electron chi connectivity index (χ4n) is 3.40. The average Bonchev–Trinajstić information content (AvgIpc) is 3.34. The highest BCUT2D eigenvalue weighted by Crippen LogP contribution is 2.30. The number of nitrogens with one attached hydrogen (secondary N) is 2. The van der Waals surface area contributed by atoms with Gasteiger partial charge in [-0.3, -0.25) is 9.52 Å². The first kappa shape index (κ1) is 23.8. The van der Waals surface area contributed by atoms with E-state index < -0.39 is 10.0 Å². The molecule has 0 saturated heterocycles. The summed E-state index contributed by atoms with van der Waals surface area (Å²) >= 11 is 0. The van der Waals surface area contributed by atoms with Crippen LogP contribution in [0, 0.1) is 0 Å². The zero-order valence-corrected chi connectivity index (χ0v) is 19.7. The predicted molar refractivity (Wildman–Crippen MR) is 132 cm³/mol. The highest BCUT2D eigenvalue weighted by molar-refractivity contribution is 7.92. The Labute approximate surface area is 203 Å². The molecule has 0 aliphatic carbocycles. The van der Waals surface area contributed by atoms with Crippen molar-refractivity contribution in [3.05, 3.63) is 90.8 Å². The minimum Gasteiger partial charge on any atom is -0.506 e. The molecular weight excluding hydrogens is 468 g/mol. The minimum absolute atomic E-state index is 0.00196. The first-order valence-electron chi connectivity index (χ1n) is 10.7. The molecule has 10 heteroatoms. The lowest BCUT2D eigenvalue weighted by Crippen LogP contribution is -2.15. The first-order valence-corrected chi connectivity index (χ1v) is 12.2. The van der Waals surface area contributed by atoms with Gasteiger partial charge >= 0.3 is 0 Å². The zero-order valence-electron chi connectivity index (χ0n) is 18.9. The molecule has 3 aromatic carbocycles. The van der Waals surface area contributed by atoms with Crippen molar-refractivity contribution in [2.75, 3.05) is 17.1 Å². The van der Waals surface area contributed by atoms with Crippen molar-refractivity contribution in [1.29, 1.82) is 0 Å². The van der Waals surface area contributed by atoms with Crippen molar-refractivity contribution in [2.45, 2.75) is 17.7 Å². The summed E-state index contributed by atoms with van der Waals surface area (Å²) in [5, 5.41) is 17.1. The molecule has 0 fully saturated rings. The van der Waals surface area contributed by atoms with Gasteiger partial charge in [-0.1, -0.05) is 30.3 Å². The number of hydrogen-bond acceptors (Lipinski definition) is 6. The number of benzene rings is 3. The van der Waals surface area contributed by atoms with Crippen LogP contribution in [0.2, 0.25) is 0 Å². The maximum Gasteiger partial charge on any atom is 0.262 e. The van der Waals surface area contributed by atoms with E-state index in [2.05, 4.69) is 15.1 Å². The Kier molecular flexibility index (Phi) is 7.02. The van der Waals surface area contributed by atoms with Crippen LogP contribution in [-0.2, 0) is 21.2 Å². The Morgan fingerprint density at radius 2 is 1.77 bits per heavy atom. The Morgan fingerprint density at radius 3 is 2.54 bits per heavy atom. The van der Waals surface area contributed by atoms with Gasteiger partial charge in [0.2, 0.25) is 5.91 Å². The lowest BCUT2D eigenvalue weighted by Gasteiger charge is -2.13. The van der Waals surface area contributed by atoms with Crippen molar-refractivity contribution in [1.82, 2.24) is 9.78 Å². The molecule has 0 bridgehead atoms. The van der Waals surface area contributed by atoms with Gasteiger partial charge in [0.1, 0.15) is 11.5 Å². The van der Waals surface area contributed by atoms with E-state index >= 15 is 0 Å². The molecule has 0 spiro atoms. The predicted octanol–water partition coefficient (Wildman–Crippen LogP) is 3.96. The number of anilines is 2. The number of hydrogen-bond donors (Lipinski definition) is 3. The molecule has 0 aliphatic heterocycles. The number of nitrogens with zero attached hydrogens (tertiary/aromatic N) is 2. The third-order valence-electron chi connectivity index (χ3n) is 5.20. The van der Waals surface area contributed by atoms with Crippen molar-refractivity contribution >= 4 is 27.3 Å². The molecule has 0 aliphatic rings. The Balaban J connectivity index is 1.42. The number of rotatable bonds is 9. The van der Waals surface area contributed by atoms with Crippen LogP contribution in [0.15, 0.2) is 90.1 Å². The number of ether oxygens (including phenoxy) is 1. The Hall–Kier alpha value is -4.31. The van der Waals surface area contributed by atoms with E-state index in [1.54, 1.807) is 35.1 Å². The topological polar surface area (TPSA) is 123 Å². The van der Waals surface area contributed by atoms with Crippen molar-refractivity contribution in [3.8, 4) is 17.2 Å². The van der Waals surface area contributed by atoms with Gasteiger partial charge in [0.05, 0.1) is 35.3 Å². The summed E-state index contributed by atoms with van der Waals surface area (Å²) in [7, 11) is -2.56. The zero-order chi connectivity index (χ0) is 24.8. The second kappa shape index (κ2) is 10.3. The SMILES string of the molecule is COc1ccccc1NS(=O)(=O)c1ccc(O)c(NC(=O)CCc2cnn(-c3ccccc3)c2)c1. The van der Waals surface area contributed by atoms with Gasteiger partial charge in [0, 0.05) is 12.6 Å². The standard InChI is InChI=1S/C25H24N4O5S/c1-34-24-10-6-5-9-21(24)28-35(32,33)20-12-13-23(30)22(15-20)27-25(31)14-11-18-16-26-29(17-18)19-7-3-2-4-8-19/h2-10,12-13,15-17,28,30H,11,14H2,1H3,(H,27,31). The summed E-state index contributed by atoms with van der Waals surface area (Å²) in [6.07, 6.45) is 4.08. The van der Waals surface area contributed by atoms with Crippen LogP contribution in [0.25, 0.3) is 5.69 Å². The van der Waals surface area contributed by atoms with Gasteiger partial charge < -0.3 is 15.2 Å². The number of para-hydroxylation sites is 3. The number of aryl methyl sites for hydroxylation is 1. The number of carbonyl (C=O) groups is 1. The lowest BCUT2D eigenvalue weighted by atomic mass is 10.2. The van der Waals surface area contributed by atoms with E-state index in [1.807, 2.05) is 36.5 Å². The van der Waals surface area contributed by atoms with Gasteiger partial charge in [0.15, 0.2) is 0 Å². The third kappa shape index (κ3) is 5.79. The number of carbonyl (C=O) groups excluding carboxylic acids is 1. The molecule has 4 aromatic rings. The van der Waals surface area contributed by atoms with Gasteiger partial charge in [-0.25, -0.2) is 13.1 Å². The molecule has 9 nitrogen and oxygen atoms in total. The molecule has 35 heavy (non-hydrogen) atoms. The molecule has 0 unspecified atom stereocenters. The maximum absolute atomic E-state index is 12.9. The molecule has 4 rings (SSSR count). The van der Waals surface area contributed by atoms with E-state index in [1.165, 1.54) is 25.3 Å². The number of aromatic nitrogens is 2. The smallest absolute Gasteiger partial charge is 0.262 e. The van der Waals surface area contributed by atoms with E-state index in [0.29, 0.717) is 12.2 Å². The second-order valence-corrected chi connectivity index (χ2v) is 9.34. The molecule has 180 valence electrons. The van der Waals surface area contributed by atoms with Gasteiger partial charge in [-0.05, 0) is 54.4 Å². The molecule has 1 aromatic heterocycles. The van der Waals surface area contributed by atoms with Gasteiger partial charge in [-0.15, -0.1) is 0 Å². The average molecular weight is 493 g/mol. The van der Waals surface area contributed by atoms with Crippen LogP contribution in [-0.4, -0.2) is 36.3 Å². The van der Waals surface area contributed by atoms with Crippen LogP contribution in [0.4, 0.5) is 11.4 Å². The monoisotopic (exact) mass is 492 g/mol. The third-order valence-corrected chi connectivity index (χ3v) is 6.56. The molecular formula is C25H24N4O5S. The number of phenols is 1. The van der Waals surface area contributed by atoms with Crippen LogP contribution < -0.4 is 14.8 Å². The van der Waals surface area contributed by atoms with Crippen molar-refractivity contribution in [3.63, 3.8) is 0 Å². The molecule has 3 N–H and O–H groups in total. The van der Waals surface area contributed by atoms with Crippen LogP contribution >= 0.6 is 0 Å². The van der Waals surface area contributed by atoms with Gasteiger partial charge in [-0.2, -0.15) is 5.10 Å². The van der Waals surface area contributed by atoms with Crippen LogP contribution in [0.1, 0.15) is 12.0 Å². The summed E-state index contributed by atoms with van der Waals surface area (Å²) in [6, 6.07) is 19.9. The summed E-state index contributed by atoms with van der Waals surface area (Å²) in [5.41, 5.74) is 2.04. The van der Waals surface area contributed by atoms with E-state index in [-0.39, 0.29) is 34.3 Å². The molecule has 0 saturated carbocycles. The fourth-order valence-corrected chi connectivity index (χ4v) is 4.49. The number of sulfonamides is 1. The number of phenolic OH excluding ortho intramolecular Hbond substituents is 1. The summed E-state index contributed by atoms with van der Waals surface area (Å²) in [5.74, 6) is -0.259. The molecule has 1 heterocycles. The second-order valence-electron chi connectivity index (χ2n) is 7.66. The number of methoxy groups -OCH3 is 1. The van der Waals surface area contributed by atoms with Crippen molar-refractivity contribution < 1.29 is 23.1 Å². The van der Waals surface area contributed by atoms with Crippen LogP contribution in [0.3, 0.4) is 0 Å². The quantitative estimate of drug-likeness (QED) is 0.304. The normalized spacial score (nSPS) is 11.1. The van der Waals surface area contributed by atoms with Crippen molar-refractivity contribution in [2.24, 2.45) is 0 Å². The first-order chi connectivity index (χ1) is 16.9. The molecule has 0 radical (unpaired) electrons. The maximum atomic E-state index is 12.9. The van der Waals surface area contributed by atoms with E-state index in [4.69, 9.17) is 4.74 Å². The Bertz CT molecular complexity index is 1440. The van der Waals surface area contributed by atoms with Crippen LogP contribution in [0.5, 0.6) is 11.5 Å². The highest BCUT2D eigenvalue weighted by Gasteiger charge is 2.19. The summed E-state index contributed by atoms with van der Waals surface area (Å²) in [4.78, 5) is 12.4. The fraction of sp³-hybridized carbons (Fsp3) is 0.120. The lowest BCUT2D eigenvalue weighted by molar-refractivity contribution is -0.116. The minimum atomic E-state index is -4.00. The molecule has 1 amide bonds. The summed E-state index contributed by atoms with van der Waals surface area (Å²) < 4.78 is 35.1. The van der Waals surface area contributed by atoms with E-state index in [9.17, 15) is 18.3 Å². The largest absolute Gasteiger partial charge is 0.506 e. The van der Waals surface area contributed by atoms with E-state index in [0.717, 1.165) is 11.3 Å². The summed E-state index contributed by atoms with van der Waals surface area (Å²) in [6.45, 7) is 0. The molecule has 0 atom stereocenters.